The summed E-state index contributed by atoms with van der Waals surface area (Å²) in [5.74, 6) is 0. The monoisotopic (exact) mass is 491 g/mol. The van der Waals surface area contributed by atoms with Crippen molar-refractivity contribution in [2.24, 2.45) is 0 Å². The van der Waals surface area contributed by atoms with Crippen molar-refractivity contribution in [1.29, 1.82) is 0 Å². The van der Waals surface area contributed by atoms with E-state index in [1.165, 1.54) is 0 Å². The van der Waals surface area contributed by atoms with Crippen molar-refractivity contribution in [2.75, 3.05) is 0 Å². The quantitative estimate of drug-likeness (QED) is 0.306. The third-order valence-electron chi connectivity index (χ3n) is 2.01. The van der Waals surface area contributed by atoms with E-state index in [2.05, 4.69) is 31.9 Å². The Kier molecular flexibility index (Phi) is 5.45. The number of thiophene rings is 2. The van der Waals surface area contributed by atoms with Crippen LogP contribution in [0.1, 0.15) is 0 Å². The van der Waals surface area contributed by atoms with Crippen molar-refractivity contribution in [1.82, 2.24) is 0 Å². The lowest BCUT2D eigenvalue weighted by Crippen LogP contribution is -1.87. The number of nitro groups is 2. The molecule has 2 rings (SSSR count). The first-order valence-corrected chi connectivity index (χ1v) is 9.30. The van der Waals surface area contributed by atoms with Gasteiger partial charge in [0.15, 0.2) is 7.57 Å². The van der Waals surface area contributed by atoms with Gasteiger partial charge in [0.1, 0.15) is 0 Å². The zero-order valence-electron chi connectivity index (χ0n) is 9.93. The van der Waals surface area contributed by atoms with Crippen LogP contribution in [0.3, 0.4) is 0 Å². The molecule has 0 aliphatic heterocycles. The fourth-order valence-electron chi connectivity index (χ4n) is 1.18. The summed E-state index contributed by atoms with van der Waals surface area (Å²) in [4.78, 5) is 20.1. The van der Waals surface area contributed by atoms with Gasteiger partial charge in [-0.3, -0.25) is 20.2 Å². The predicted octanol–water partition coefficient (Wildman–Crippen LogP) is 5.27. The maximum Gasteiger partial charge on any atom is 0.807 e. The molecule has 0 radical (unpaired) electrons. The predicted molar refractivity (Wildman–Crippen MR) is 86.2 cm³/mol. The van der Waals surface area contributed by atoms with Crippen LogP contribution in [0.15, 0.2) is 19.7 Å². The molecule has 0 N–H and O–H groups in total. The number of halogens is 2. The second-order valence-corrected chi connectivity index (χ2v) is 8.85. The first kappa shape index (κ1) is 17.2. The molecule has 0 unspecified atom stereocenters. The van der Waals surface area contributed by atoms with Crippen LogP contribution in [0.2, 0.25) is 0 Å². The molecular formula is C8H2Br2N2O7PS2+. The molecule has 0 bridgehead atoms. The average Bonchev–Trinajstić information content (AvgIpc) is 2.92. The third-order valence-corrected chi connectivity index (χ3v) is 6.32. The smallest absolute Gasteiger partial charge is 0.258 e. The summed E-state index contributed by atoms with van der Waals surface area (Å²) in [5, 5.41) is 21.4. The molecule has 0 fully saturated rings. The molecule has 2 aromatic heterocycles. The van der Waals surface area contributed by atoms with Crippen molar-refractivity contribution in [3.8, 4) is 10.1 Å². The normalized spacial score (nSPS) is 10.3. The van der Waals surface area contributed by atoms with Gasteiger partial charge in [0.2, 0.25) is 0 Å². The average molecular weight is 493 g/mol. The van der Waals surface area contributed by atoms with Crippen molar-refractivity contribution in [3.05, 3.63) is 39.9 Å². The second-order valence-electron chi connectivity index (χ2n) is 3.37. The zero-order valence-corrected chi connectivity index (χ0v) is 15.6. The maximum atomic E-state index is 11.7. The molecule has 2 heterocycles. The van der Waals surface area contributed by atoms with E-state index in [-0.39, 0.29) is 29.1 Å². The molecular weight excluding hydrogens is 491 g/mol. The highest BCUT2D eigenvalue weighted by Crippen LogP contribution is 2.45. The molecule has 0 amide bonds. The molecule has 0 aromatic carbocycles. The molecule has 22 heavy (non-hydrogen) atoms. The minimum Gasteiger partial charge on any atom is -0.258 e. The molecule has 2 aromatic rings. The van der Waals surface area contributed by atoms with Gasteiger partial charge in [-0.1, -0.05) is 22.7 Å². The lowest BCUT2D eigenvalue weighted by atomic mass is 10.5. The second kappa shape index (κ2) is 6.96. The van der Waals surface area contributed by atoms with Gasteiger partial charge in [0.25, 0.3) is 21.5 Å². The van der Waals surface area contributed by atoms with E-state index in [4.69, 9.17) is 9.05 Å². The highest BCUT2D eigenvalue weighted by molar-refractivity contribution is 9.11. The van der Waals surface area contributed by atoms with Gasteiger partial charge >= 0.3 is 8.25 Å². The van der Waals surface area contributed by atoms with Crippen LogP contribution >= 0.6 is 62.8 Å². The van der Waals surface area contributed by atoms with Crippen LogP contribution in [0.4, 0.5) is 11.4 Å². The Bertz CT molecular complexity index is 714. The van der Waals surface area contributed by atoms with Crippen molar-refractivity contribution >= 4 is 74.2 Å². The van der Waals surface area contributed by atoms with E-state index in [1.54, 1.807) is 0 Å². The van der Waals surface area contributed by atoms with Gasteiger partial charge in [-0.2, -0.15) is 0 Å². The van der Waals surface area contributed by atoms with Gasteiger partial charge in [0, 0.05) is 4.57 Å². The number of hydrogen-bond acceptors (Lipinski definition) is 9. The molecule has 116 valence electrons. The Morgan fingerprint density at radius 2 is 1.32 bits per heavy atom. The van der Waals surface area contributed by atoms with Gasteiger partial charge in [-0.05, 0) is 31.9 Å². The van der Waals surface area contributed by atoms with E-state index < -0.39 is 18.1 Å². The first-order chi connectivity index (χ1) is 10.3. The largest absolute Gasteiger partial charge is 0.807 e. The molecule has 0 aliphatic carbocycles. The summed E-state index contributed by atoms with van der Waals surface area (Å²) in [5.41, 5.74) is -0.448. The van der Waals surface area contributed by atoms with Gasteiger partial charge in [0.05, 0.1) is 22.0 Å². The Labute approximate surface area is 147 Å². The molecule has 0 atom stereocenters. The summed E-state index contributed by atoms with van der Waals surface area (Å²) in [6, 6.07) is 2.19. The fourth-order valence-corrected chi connectivity index (χ4v) is 4.93. The highest BCUT2D eigenvalue weighted by atomic mass is 79.9. The zero-order chi connectivity index (χ0) is 16.4. The lowest BCUT2D eigenvalue weighted by molar-refractivity contribution is -0.385. The Hall–Kier alpha value is -1.14. The van der Waals surface area contributed by atoms with E-state index in [0.717, 1.165) is 34.8 Å². The number of nitrogens with zero attached hydrogens (tertiary/aromatic N) is 2. The van der Waals surface area contributed by atoms with Crippen molar-refractivity contribution in [3.63, 3.8) is 0 Å². The molecule has 9 nitrogen and oxygen atoms in total. The van der Waals surface area contributed by atoms with Crippen LogP contribution in [-0.2, 0) is 4.57 Å². The minimum absolute atomic E-state index is 0.0183. The molecule has 0 saturated heterocycles. The van der Waals surface area contributed by atoms with Crippen LogP contribution in [-0.4, -0.2) is 9.85 Å². The van der Waals surface area contributed by atoms with E-state index in [1.807, 2.05) is 0 Å². The van der Waals surface area contributed by atoms with Crippen LogP contribution < -0.4 is 9.05 Å². The number of hydrogen-bond donors (Lipinski definition) is 0. The summed E-state index contributed by atoms with van der Waals surface area (Å²) in [6.07, 6.45) is 0. The van der Waals surface area contributed by atoms with Crippen LogP contribution in [0, 0.1) is 20.2 Å². The summed E-state index contributed by atoms with van der Waals surface area (Å²) in [7, 11) is -2.69. The summed E-state index contributed by atoms with van der Waals surface area (Å²) in [6.45, 7) is 0. The van der Waals surface area contributed by atoms with Crippen molar-refractivity contribution < 1.29 is 23.5 Å². The topological polar surface area (TPSA) is 122 Å². The van der Waals surface area contributed by atoms with Crippen molar-refractivity contribution in [2.45, 2.75) is 0 Å². The molecule has 0 spiro atoms. The van der Waals surface area contributed by atoms with E-state index in [9.17, 15) is 24.8 Å². The maximum absolute atomic E-state index is 11.7. The van der Waals surface area contributed by atoms with Crippen LogP contribution in [0.25, 0.3) is 0 Å². The molecule has 14 heteroatoms. The third kappa shape index (κ3) is 3.98. The Morgan fingerprint density at radius 3 is 1.59 bits per heavy atom. The minimum atomic E-state index is -2.69. The van der Waals surface area contributed by atoms with E-state index >= 15 is 0 Å². The lowest BCUT2D eigenvalue weighted by Gasteiger charge is -1.85. The SMILES string of the molecule is O=[N+]([O-])c1cc(O[P+](=O)Oc2cc([N+](=O)[O-])c(Br)s2)sc1Br. The van der Waals surface area contributed by atoms with E-state index in [0.29, 0.717) is 0 Å². The Morgan fingerprint density at radius 1 is 0.955 bits per heavy atom. The van der Waals surface area contributed by atoms with Gasteiger partial charge in [-0.15, -0.1) is 0 Å². The first-order valence-electron chi connectivity index (χ1n) is 4.98. The summed E-state index contributed by atoms with van der Waals surface area (Å²) >= 11 is 7.71. The molecule has 0 aliphatic rings. The highest BCUT2D eigenvalue weighted by Gasteiger charge is 2.31. The van der Waals surface area contributed by atoms with Crippen LogP contribution in [0.5, 0.6) is 10.1 Å². The van der Waals surface area contributed by atoms with Gasteiger partial charge in [-0.25, -0.2) is 9.05 Å². The fraction of sp³-hybridized carbons (Fsp3) is 0. The number of rotatable bonds is 6. The molecule has 0 saturated carbocycles. The summed E-state index contributed by atoms with van der Waals surface area (Å²) < 4.78 is 22.0. The standard InChI is InChI=1S/C8H2Br2N2O7PS2/c9-7-3(11(13)14)1-5(21-7)18-20(17)19-6-2-4(12(15)16)8(10)22-6/h1-2H/q+1. The Balaban J connectivity index is 2.07. The van der Waals surface area contributed by atoms with Gasteiger partial charge < -0.3 is 0 Å².